The topological polar surface area (TPSA) is 52.6 Å². The Morgan fingerprint density at radius 3 is 2.07 bits per heavy atom. The zero-order valence-electron chi connectivity index (χ0n) is 18.0. The van der Waals surface area contributed by atoms with Crippen molar-refractivity contribution in [3.05, 3.63) is 78.1 Å². The number of hydrogen-bond donors (Lipinski definition) is 0. The van der Waals surface area contributed by atoms with Gasteiger partial charge in [0.2, 0.25) is 0 Å². The first kappa shape index (κ1) is 22.4. The van der Waals surface area contributed by atoms with E-state index < -0.39 is 11.9 Å². The van der Waals surface area contributed by atoms with Gasteiger partial charge in [-0.2, -0.15) is 0 Å². The van der Waals surface area contributed by atoms with Crippen molar-refractivity contribution in [2.45, 2.75) is 52.9 Å². The maximum atomic E-state index is 11.7. The van der Waals surface area contributed by atoms with Crippen LogP contribution in [0.15, 0.2) is 72.6 Å². The maximum Gasteiger partial charge on any atom is 0.338 e. The minimum Gasteiger partial charge on any atom is -0.428 e. The second-order valence-electron chi connectivity index (χ2n) is 8.39. The van der Waals surface area contributed by atoms with E-state index in [9.17, 15) is 9.59 Å². The van der Waals surface area contributed by atoms with Crippen LogP contribution in [-0.4, -0.2) is 11.9 Å². The molecule has 0 radical (unpaired) electrons. The average Bonchev–Trinajstić information content (AvgIpc) is 2.68. The predicted octanol–water partition coefficient (Wildman–Crippen LogP) is 5.81. The molecule has 0 aromatic heterocycles. The number of allylic oxidation sites excluding steroid dienone is 4. The molecule has 0 atom stereocenters. The van der Waals surface area contributed by atoms with Gasteiger partial charge in [0.1, 0.15) is 11.5 Å². The third kappa shape index (κ3) is 4.94. The lowest BCUT2D eigenvalue weighted by molar-refractivity contribution is -0.134. The van der Waals surface area contributed by atoms with Crippen LogP contribution in [0.1, 0.15) is 53.0 Å². The van der Waals surface area contributed by atoms with Crippen LogP contribution in [0.25, 0.3) is 0 Å². The van der Waals surface area contributed by atoms with Crippen LogP contribution in [0.5, 0.6) is 5.75 Å². The van der Waals surface area contributed by atoms with E-state index in [1.807, 2.05) is 30.3 Å². The third-order valence-corrected chi connectivity index (χ3v) is 6.01. The fourth-order valence-electron chi connectivity index (χ4n) is 3.29. The maximum absolute atomic E-state index is 11.7. The molecular weight excluding hydrogens is 364 g/mol. The van der Waals surface area contributed by atoms with Crippen LogP contribution in [0, 0.1) is 5.41 Å². The van der Waals surface area contributed by atoms with Gasteiger partial charge in [-0.1, -0.05) is 64.6 Å². The Balaban J connectivity index is 2.22. The fourth-order valence-corrected chi connectivity index (χ4v) is 3.29. The van der Waals surface area contributed by atoms with Crippen molar-refractivity contribution in [2.24, 2.45) is 5.41 Å². The first-order chi connectivity index (χ1) is 13.5. The van der Waals surface area contributed by atoms with Gasteiger partial charge in [0.15, 0.2) is 0 Å². The Morgan fingerprint density at radius 1 is 0.966 bits per heavy atom. The summed E-state index contributed by atoms with van der Waals surface area (Å²) in [5.74, 6) is 0.310. The molecule has 2 rings (SSSR count). The lowest BCUT2D eigenvalue weighted by Gasteiger charge is -2.45. The van der Waals surface area contributed by atoms with Gasteiger partial charge in [0.05, 0.1) is 0 Å². The number of hydrogen-bond acceptors (Lipinski definition) is 4. The Morgan fingerprint density at radius 2 is 1.59 bits per heavy atom. The quantitative estimate of drug-likeness (QED) is 0.333. The molecule has 0 amide bonds. The summed E-state index contributed by atoms with van der Waals surface area (Å²) in [5.41, 5.74) is 2.47. The molecule has 29 heavy (non-hydrogen) atoms. The molecule has 1 aromatic rings. The number of esters is 2. The van der Waals surface area contributed by atoms with Gasteiger partial charge in [0.25, 0.3) is 0 Å². The minimum atomic E-state index is -0.430. The van der Waals surface area contributed by atoms with Crippen LogP contribution in [-0.2, 0) is 19.7 Å². The molecule has 4 nitrogen and oxygen atoms in total. The second-order valence-corrected chi connectivity index (χ2v) is 8.39. The summed E-state index contributed by atoms with van der Waals surface area (Å²) in [7, 11) is 0. The molecule has 0 N–H and O–H groups in total. The summed E-state index contributed by atoms with van der Waals surface area (Å²) >= 11 is 0. The van der Waals surface area contributed by atoms with Gasteiger partial charge in [-0.15, -0.1) is 0 Å². The normalized spacial score (nSPS) is 14.4. The van der Waals surface area contributed by atoms with Crippen LogP contribution < -0.4 is 4.74 Å². The SMILES string of the molecule is C=CC(=O)OC1=CC=C(C(C)(C)C(C)(C)c2ccc(OC(=O)C(=C)C)cc2)CC1. The third-order valence-electron chi connectivity index (χ3n) is 6.01. The van der Waals surface area contributed by atoms with Gasteiger partial charge in [-0.05, 0) is 47.9 Å². The first-order valence-corrected chi connectivity index (χ1v) is 9.71. The summed E-state index contributed by atoms with van der Waals surface area (Å²) in [5, 5.41) is 0. The van der Waals surface area contributed by atoms with Crippen LogP contribution in [0.2, 0.25) is 0 Å². The van der Waals surface area contributed by atoms with Crippen LogP contribution >= 0.6 is 0 Å². The zero-order chi connectivity index (χ0) is 21.8. The van der Waals surface area contributed by atoms with E-state index in [1.165, 1.54) is 11.6 Å². The Labute approximate surface area is 173 Å². The molecule has 0 fully saturated rings. The fraction of sp³-hybridized carbons (Fsp3) is 0.360. The Bertz CT molecular complexity index is 880. The second kappa shape index (κ2) is 8.64. The molecule has 0 bridgehead atoms. The van der Waals surface area contributed by atoms with Crippen LogP contribution in [0.4, 0.5) is 0 Å². The summed E-state index contributed by atoms with van der Waals surface area (Å²) < 4.78 is 10.5. The van der Waals surface area contributed by atoms with Gasteiger partial charge in [-0.25, -0.2) is 9.59 Å². The van der Waals surface area contributed by atoms with E-state index in [2.05, 4.69) is 46.9 Å². The number of ether oxygens (including phenoxy) is 2. The van der Waals surface area contributed by atoms with Crippen molar-refractivity contribution < 1.29 is 19.1 Å². The minimum absolute atomic E-state index is 0.145. The molecule has 1 aliphatic rings. The first-order valence-electron chi connectivity index (χ1n) is 9.71. The average molecular weight is 395 g/mol. The van der Waals surface area contributed by atoms with Crippen molar-refractivity contribution in [1.82, 2.24) is 0 Å². The van der Waals surface area contributed by atoms with E-state index in [0.29, 0.717) is 23.5 Å². The van der Waals surface area contributed by atoms with E-state index in [0.717, 1.165) is 12.0 Å². The van der Waals surface area contributed by atoms with E-state index in [1.54, 1.807) is 6.92 Å². The molecule has 0 unspecified atom stereocenters. The van der Waals surface area contributed by atoms with E-state index in [-0.39, 0.29) is 10.8 Å². The van der Waals surface area contributed by atoms with Gasteiger partial charge in [-0.3, -0.25) is 0 Å². The molecule has 1 aliphatic carbocycles. The van der Waals surface area contributed by atoms with E-state index >= 15 is 0 Å². The highest BCUT2D eigenvalue weighted by atomic mass is 16.5. The molecule has 1 aromatic carbocycles. The molecule has 0 saturated carbocycles. The highest BCUT2D eigenvalue weighted by molar-refractivity contribution is 5.88. The van der Waals surface area contributed by atoms with Gasteiger partial charge in [0, 0.05) is 18.1 Å². The van der Waals surface area contributed by atoms with Crippen molar-refractivity contribution in [2.75, 3.05) is 0 Å². The summed E-state index contributed by atoms with van der Waals surface area (Å²) in [6, 6.07) is 7.63. The number of carbonyl (C=O) groups is 2. The number of carbonyl (C=O) groups excluding carboxylic acids is 2. The monoisotopic (exact) mass is 394 g/mol. The highest BCUT2D eigenvalue weighted by Gasteiger charge is 2.41. The standard InChI is InChI=1S/C25H30O4/c1-8-22(26)28-20-13-9-18(10-14-20)24(4,5)25(6,7)19-11-15-21(16-12-19)29-23(27)17(2)3/h8-9,11-13,15-16H,1-2,10,14H2,3-7H3. The Hall–Kier alpha value is -2.88. The lowest BCUT2D eigenvalue weighted by atomic mass is 9.59. The van der Waals surface area contributed by atoms with Gasteiger partial charge >= 0.3 is 11.9 Å². The summed E-state index contributed by atoms with van der Waals surface area (Å²) in [6.45, 7) is 17.5. The predicted molar refractivity (Wildman–Crippen MR) is 115 cm³/mol. The molecule has 0 aliphatic heterocycles. The number of rotatable bonds is 7. The summed E-state index contributed by atoms with van der Waals surface area (Å²) in [4.78, 5) is 23.1. The van der Waals surface area contributed by atoms with E-state index in [4.69, 9.17) is 9.47 Å². The molecule has 4 heteroatoms. The molecular formula is C25H30O4. The molecule has 0 spiro atoms. The zero-order valence-corrected chi connectivity index (χ0v) is 18.0. The van der Waals surface area contributed by atoms with Crippen molar-refractivity contribution in [3.8, 4) is 5.75 Å². The smallest absolute Gasteiger partial charge is 0.338 e. The molecule has 0 heterocycles. The lowest BCUT2D eigenvalue weighted by Crippen LogP contribution is -2.38. The number of benzene rings is 1. The molecule has 154 valence electrons. The Kier molecular flexibility index (Phi) is 6.68. The van der Waals surface area contributed by atoms with Crippen molar-refractivity contribution in [3.63, 3.8) is 0 Å². The van der Waals surface area contributed by atoms with Crippen molar-refractivity contribution >= 4 is 11.9 Å². The largest absolute Gasteiger partial charge is 0.428 e. The van der Waals surface area contributed by atoms with Gasteiger partial charge < -0.3 is 9.47 Å². The van der Waals surface area contributed by atoms with Crippen LogP contribution in [0.3, 0.4) is 0 Å². The summed E-state index contributed by atoms with van der Waals surface area (Å²) in [6.07, 6.45) is 6.60. The molecule has 0 saturated heterocycles. The van der Waals surface area contributed by atoms with Crippen molar-refractivity contribution in [1.29, 1.82) is 0 Å². The highest BCUT2D eigenvalue weighted by Crippen LogP contribution is 2.49.